The first-order chi connectivity index (χ1) is 23.0. The third-order valence-corrected chi connectivity index (χ3v) is 8.43. The molecular formula is C35H35N3O10. The normalized spacial score (nSPS) is 17.1. The van der Waals surface area contributed by atoms with Crippen LogP contribution in [0.4, 0.5) is 5.69 Å². The zero-order valence-electron chi connectivity index (χ0n) is 27.2. The van der Waals surface area contributed by atoms with Crippen LogP contribution in [0, 0.1) is 0 Å². The number of esters is 2. The maximum Gasteiger partial charge on any atom is 0.360 e. The van der Waals surface area contributed by atoms with E-state index in [1.54, 1.807) is 38.5 Å². The van der Waals surface area contributed by atoms with Crippen LogP contribution in [-0.2, 0) is 9.59 Å². The van der Waals surface area contributed by atoms with Crippen LogP contribution in [-0.4, -0.2) is 52.5 Å². The van der Waals surface area contributed by atoms with E-state index >= 15 is 0 Å². The van der Waals surface area contributed by atoms with Gasteiger partial charge in [0.2, 0.25) is 0 Å². The third-order valence-electron chi connectivity index (χ3n) is 8.43. The molecular weight excluding hydrogens is 622 g/mol. The SMILES string of the molecule is COc1cc2c(cc1OC)C1C(c3ccc(OC(=O)[C@H](C)N)c(OC)c3)c3c(c(=O)oc4cc(OC(=O)[C@H](C)N)c(OC)cc34)N1C=C2. The highest BCUT2D eigenvalue weighted by atomic mass is 16.6. The minimum atomic E-state index is -0.898. The summed E-state index contributed by atoms with van der Waals surface area (Å²) in [6.07, 6.45) is 3.71. The largest absolute Gasteiger partial charge is 0.493 e. The molecule has 13 heteroatoms. The van der Waals surface area contributed by atoms with Crippen molar-refractivity contribution in [2.45, 2.75) is 37.9 Å². The number of anilines is 1. The molecule has 3 heterocycles. The number of benzene rings is 3. The predicted molar refractivity (Wildman–Crippen MR) is 176 cm³/mol. The van der Waals surface area contributed by atoms with E-state index < -0.39 is 41.6 Å². The van der Waals surface area contributed by atoms with Gasteiger partial charge in [-0.05, 0) is 66.9 Å². The topological polar surface area (TPSA) is 175 Å². The lowest BCUT2D eigenvalue weighted by molar-refractivity contribution is -0.136. The Hall–Kier alpha value is -5.53. The molecule has 6 rings (SSSR count). The van der Waals surface area contributed by atoms with Crippen LogP contribution in [0.5, 0.6) is 34.5 Å². The van der Waals surface area contributed by atoms with Gasteiger partial charge in [0.1, 0.15) is 23.4 Å². The predicted octanol–water partition coefficient (Wildman–Crippen LogP) is 4.01. The lowest BCUT2D eigenvalue weighted by Gasteiger charge is -2.33. The maximum atomic E-state index is 13.9. The molecule has 4 N–H and O–H groups in total. The van der Waals surface area contributed by atoms with Crippen LogP contribution in [0.15, 0.2) is 57.9 Å². The number of carbonyl (C=O) groups is 2. The highest BCUT2D eigenvalue weighted by Crippen LogP contribution is 2.57. The third kappa shape index (κ3) is 5.36. The summed E-state index contributed by atoms with van der Waals surface area (Å²) >= 11 is 0. The quantitative estimate of drug-likeness (QED) is 0.150. The van der Waals surface area contributed by atoms with Crippen molar-refractivity contribution in [1.29, 1.82) is 0 Å². The first-order valence-electron chi connectivity index (χ1n) is 15.0. The fourth-order valence-electron chi connectivity index (χ4n) is 6.16. The van der Waals surface area contributed by atoms with E-state index in [2.05, 4.69) is 0 Å². The van der Waals surface area contributed by atoms with Crippen molar-refractivity contribution in [3.05, 3.63) is 81.3 Å². The Morgan fingerprint density at radius 1 is 0.771 bits per heavy atom. The zero-order valence-corrected chi connectivity index (χ0v) is 27.2. The van der Waals surface area contributed by atoms with Gasteiger partial charge in [0.05, 0.1) is 34.5 Å². The Labute approximate surface area is 275 Å². The molecule has 0 saturated heterocycles. The molecule has 4 atom stereocenters. The molecule has 1 aromatic heterocycles. The minimum Gasteiger partial charge on any atom is -0.493 e. The Morgan fingerprint density at radius 2 is 1.35 bits per heavy atom. The van der Waals surface area contributed by atoms with Crippen molar-refractivity contribution in [3.8, 4) is 34.5 Å². The number of carbonyl (C=O) groups excluding carboxylic acids is 2. The van der Waals surface area contributed by atoms with Crippen LogP contribution >= 0.6 is 0 Å². The second-order valence-electron chi connectivity index (χ2n) is 11.5. The molecule has 0 spiro atoms. The molecule has 250 valence electrons. The standard InChI is InChI=1S/C35H35N3O10/c1-16(36)33(39)46-22-8-7-19(12-24(22)42-3)29-30-21-14-27(45-6)28(48-34(40)17(2)37)15-23(21)47-35(41)32(30)38-10-9-18-11-25(43-4)26(44-5)13-20(18)31(29)38/h7-17,29,31H,36-37H2,1-6H3/t16-,17-,29?,31?/m0/s1. The smallest absolute Gasteiger partial charge is 0.360 e. The van der Waals surface area contributed by atoms with Gasteiger partial charge in [-0.2, -0.15) is 0 Å². The number of nitrogens with zero attached hydrogens (tertiary/aromatic N) is 1. The van der Waals surface area contributed by atoms with Gasteiger partial charge in [0.25, 0.3) is 0 Å². The van der Waals surface area contributed by atoms with E-state index in [0.717, 1.165) is 16.7 Å². The van der Waals surface area contributed by atoms with E-state index in [4.69, 9.17) is 44.3 Å². The maximum absolute atomic E-state index is 13.9. The molecule has 0 radical (unpaired) electrons. The number of rotatable bonds is 9. The minimum absolute atomic E-state index is 0.0479. The van der Waals surface area contributed by atoms with Crippen LogP contribution in [0.1, 0.15) is 48.1 Å². The summed E-state index contributed by atoms with van der Waals surface area (Å²) in [6.45, 7) is 3.02. The van der Waals surface area contributed by atoms with Gasteiger partial charge in [0, 0.05) is 29.1 Å². The first kappa shape index (κ1) is 32.4. The second-order valence-corrected chi connectivity index (χ2v) is 11.5. The molecule has 4 aromatic rings. The van der Waals surface area contributed by atoms with Crippen LogP contribution in [0.3, 0.4) is 0 Å². The van der Waals surface area contributed by atoms with Gasteiger partial charge < -0.3 is 49.2 Å². The Balaban J connectivity index is 1.63. The molecule has 2 aliphatic heterocycles. The van der Waals surface area contributed by atoms with Crippen LogP contribution in [0.25, 0.3) is 17.0 Å². The van der Waals surface area contributed by atoms with E-state index in [1.807, 2.05) is 29.3 Å². The fourth-order valence-corrected chi connectivity index (χ4v) is 6.16. The van der Waals surface area contributed by atoms with Gasteiger partial charge in [-0.25, -0.2) is 14.4 Å². The summed E-state index contributed by atoms with van der Waals surface area (Å²) in [6, 6.07) is 9.85. The lowest BCUT2D eigenvalue weighted by Crippen LogP contribution is -2.31. The Bertz CT molecular complexity index is 2030. The number of ether oxygens (including phenoxy) is 6. The van der Waals surface area contributed by atoms with Gasteiger partial charge in [-0.1, -0.05) is 6.07 Å². The average molecular weight is 658 g/mol. The molecule has 0 saturated carbocycles. The molecule has 13 nitrogen and oxygen atoms in total. The van der Waals surface area contributed by atoms with Crippen molar-refractivity contribution in [2.75, 3.05) is 33.3 Å². The Kier molecular flexibility index (Phi) is 8.50. The van der Waals surface area contributed by atoms with Crippen molar-refractivity contribution in [2.24, 2.45) is 11.5 Å². The molecule has 0 bridgehead atoms. The van der Waals surface area contributed by atoms with Crippen LogP contribution in [0.2, 0.25) is 0 Å². The number of methoxy groups -OCH3 is 4. The molecule has 0 aliphatic carbocycles. The molecule has 0 amide bonds. The monoisotopic (exact) mass is 657 g/mol. The summed E-state index contributed by atoms with van der Waals surface area (Å²) in [5.41, 5.74) is 14.4. The van der Waals surface area contributed by atoms with Crippen molar-refractivity contribution in [1.82, 2.24) is 0 Å². The second kappa shape index (κ2) is 12.6. The highest BCUT2D eigenvalue weighted by molar-refractivity contribution is 5.93. The van der Waals surface area contributed by atoms with E-state index in [-0.39, 0.29) is 28.6 Å². The van der Waals surface area contributed by atoms with Gasteiger partial charge in [-0.3, -0.25) is 0 Å². The van der Waals surface area contributed by atoms with Crippen molar-refractivity contribution >= 4 is 34.7 Å². The molecule has 2 unspecified atom stereocenters. The lowest BCUT2D eigenvalue weighted by atomic mass is 9.81. The molecule has 48 heavy (non-hydrogen) atoms. The van der Waals surface area contributed by atoms with E-state index in [9.17, 15) is 14.4 Å². The zero-order chi connectivity index (χ0) is 34.4. The summed E-state index contributed by atoms with van der Waals surface area (Å²) in [7, 11) is 6.02. The van der Waals surface area contributed by atoms with E-state index in [1.165, 1.54) is 34.1 Å². The highest BCUT2D eigenvalue weighted by Gasteiger charge is 2.46. The van der Waals surface area contributed by atoms with E-state index in [0.29, 0.717) is 28.1 Å². The van der Waals surface area contributed by atoms with Crippen LogP contribution < -0.4 is 50.4 Å². The number of nitrogens with two attached hydrogens (primary N) is 2. The van der Waals surface area contributed by atoms with Crippen molar-refractivity contribution < 1.29 is 42.4 Å². The fraction of sp³-hybridized carbons (Fsp3) is 0.286. The number of fused-ring (bicyclic) bond motifs is 7. The average Bonchev–Trinajstić information content (AvgIpc) is 3.43. The Morgan fingerprint density at radius 3 is 1.98 bits per heavy atom. The summed E-state index contributed by atoms with van der Waals surface area (Å²) < 4.78 is 39.4. The van der Waals surface area contributed by atoms with Gasteiger partial charge in [-0.15, -0.1) is 0 Å². The first-order valence-corrected chi connectivity index (χ1v) is 15.0. The van der Waals surface area contributed by atoms with Crippen molar-refractivity contribution in [3.63, 3.8) is 0 Å². The number of hydrogen-bond donors (Lipinski definition) is 2. The summed E-state index contributed by atoms with van der Waals surface area (Å²) in [5, 5.41) is 0.545. The number of hydrogen-bond acceptors (Lipinski definition) is 13. The molecule has 2 aliphatic rings. The van der Waals surface area contributed by atoms with Gasteiger partial charge >= 0.3 is 17.6 Å². The summed E-state index contributed by atoms with van der Waals surface area (Å²) in [4.78, 5) is 40.5. The molecule has 3 aromatic carbocycles. The van der Waals surface area contributed by atoms with Gasteiger partial charge in [0.15, 0.2) is 34.5 Å². The summed E-state index contributed by atoms with van der Waals surface area (Å²) in [5.74, 6) is -0.0213. The molecule has 0 fully saturated rings.